The summed E-state index contributed by atoms with van der Waals surface area (Å²) in [5, 5.41) is 43.8. The van der Waals surface area contributed by atoms with Gasteiger partial charge in [0.25, 0.3) is 0 Å². The van der Waals surface area contributed by atoms with E-state index in [2.05, 4.69) is 20.4 Å². The number of carboxylic acids is 2. The van der Waals surface area contributed by atoms with Gasteiger partial charge in [0.2, 0.25) is 0 Å². The number of carboxylic acid groups (broad SMARTS) is 2. The molecule has 1 fully saturated rings. The van der Waals surface area contributed by atoms with E-state index in [1.807, 2.05) is 0 Å². The van der Waals surface area contributed by atoms with Crippen LogP contribution in [0, 0.1) is 0 Å². The minimum absolute atomic E-state index is 0.132. The lowest BCUT2D eigenvalue weighted by Crippen LogP contribution is -2.49. The van der Waals surface area contributed by atoms with Crippen LogP contribution in [0.5, 0.6) is 11.5 Å². The predicted molar refractivity (Wildman–Crippen MR) is 110 cm³/mol. The molecule has 10 heteroatoms. The first-order valence-corrected chi connectivity index (χ1v) is 9.38. The minimum Gasteiger partial charge on any atom is -0.507 e. The van der Waals surface area contributed by atoms with Gasteiger partial charge in [0.15, 0.2) is 0 Å². The molecule has 0 bridgehead atoms. The van der Waals surface area contributed by atoms with Crippen molar-refractivity contribution in [1.29, 1.82) is 0 Å². The van der Waals surface area contributed by atoms with Gasteiger partial charge in [0.05, 0.1) is 13.3 Å². The van der Waals surface area contributed by atoms with E-state index in [-0.39, 0.29) is 22.6 Å². The van der Waals surface area contributed by atoms with E-state index < -0.39 is 11.9 Å². The van der Waals surface area contributed by atoms with Crippen molar-refractivity contribution in [2.24, 2.45) is 0 Å². The van der Waals surface area contributed by atoms with E-state index in [1.54, 1.807) is 12.1 Å². The average molecular weight is 416 g/mol. The lowest BCUT2D eigenvalue weighted by molar-refractivity contribution is 0.0682. The largest absolute Gasteiger partial charge is 0.507 e. The fourth-order valence-electron chi connectivity index (χ4n) is 3.16. The summed E-state index contributed by atoms with van der Waals surface area (Å²) in [6.45, 7) is 4.40. The number of aromatic carboxylic acids is 2. The van der Waals surface area contributed by atoms with Crippen LogP contribution in [0.3, 0.4) is 0 Å². The van der Waals surface area contributed by atoms with Crippen LogP contribution in [-0.2, 0) is 0 Å². The number of aromatic hydroxyl groups is 2. The molecule has 1 aliphatic rings. The van der Waals surface area contributed by atoms with Gasteiger partial charge in [-0.2, -0.15) is 0 Å². The number of piperazine rings is 1. The van der Waals surface area contributed by atoms with Crippen LogP contribution in [0.2, 0.25) is 0 Å². The molecule has 10 nitrogen and oxygen atoms in total. The van der Waals surface area contributed by atoms with E-state index in [4.69, 9.17) is 10.2 Å². The molecule has 1 saturated heterocycles. The molecule has 1 heterocycles. The first-order chi connectivity index (χ1) is 14.3. The zero-order chi connectivity index (χ0) is 21.7. The summed E-state index contributed by atoms with van der Waals surface area (Å²) in [5.41, 5.74) is 1.03. The molecule has 2 aromatic carbocycles. The van der Waals surface area contributed by atoms with Crippen LogP contribution >= 0.6 is 0 Å². The molecule has 3 rings (SSSR count). The Morgan fingerprint density at radius 1 is 0.733 bits per heavy atom. The highest BCUT2D eigenvalue weighted by molar-refractivity contribution is 5.91. The molecule has 0 spiro atoms. The Bertz CT molecular complexity index is 852. The van der Waals surface area contributed by atoms with Crippen LogP contribution in [0.4, 0.5) is 11.4 Å². The van der Waals surface area contributed by atoms with Gasteiger partial charge >= 0.3 is 11.9 Å². The van der Waals surface area contributed by atoms with Crippen LogP contribution in [0.25, 0.3) is 0 Å². The highest BCUT2D eigenvalue weighted by Gasteiger charge is 2.17. The fraction of sp³-hybridized carbons (Fsp3) is 0.300. The number of carbonyl (C=O) groups is 2. The van der Waals surface area contributed by atoms with E-state index in [1.165, 1.54) is 24.3 Å². The Hall–Kier alpha value is -3.50. The summed E-state index contributed by atoms with van der Waals surface area (Å²) in [6.07, 6.45) is 0. The second-order valence-corrected chi connectivity index (χ2v) is 6.98. The Kier molecular flexibility index (Phi) is 6.60. The zero-order valence-corrected chi connectivity index (χ0v) is 16.2. The van der Waals surface area contributed by atoms with Crippen molar-refractivity contribution in [3.05, 3.63) is 47.5 Å². The highest BCUT2D eigenvalue weighted by atomic mass is 16.4. The molecule has 30 heavy (non-hydrogen) atoms. The topological polar surface area (TPSA) is 146 Å². The molecule has 0 amide bonds. The Morgan fingerprint density at radius 2 is 1.10 bits per heavy atom. The van der Waals surface area contributed by atoms with Gasteiger partial charge in [0.1, 0.15) is 22.6 Å². The van der Waals surface area contributed by atoms with Crippen molar-refractivity contribution in [1.82, 2.24) is 9.80 Å². The third-order valence-corrected chi connectivity index (χ3v) is 4.93. The van der Waals surface area contributed by atoms with Gasteiger partial charge < -0.3 is 31.1 Å². The summed E-state index contributed by atoms with van der Waals surface area (Å²) < 4.78 is 0. The average Bonchev–Trinajstić information content (AvgIpc) is 2.71. The number of benzene rings is 2. The summed E-state index contributed by atoms with van der Waals surface area (Å²) in [6, 6.07) is 8.76. The Morgan fingerprint density at radius 3 is 1.40 bits per heavy atom. The number of nitrogens with one attached hydrogen (secondary N) is 2. The SMILES string of the molecule is O=C(O)c1ccc(NCN2CCN(CNc3ccc(C(=O)O)c(O)c3)CC2)cc1O. The van der Waals surface area contributed by atoms with Gasteiger partial charge in [-0.05, 0) is 24.3 Å². The highest BCUT2D eigenvalue weighted by Crippen LogP contribution is 2.23. The maximum atomic E-state index is 10.9. The first kappa shape index (κ1) is 21.2. The summed E-state index contributed by atoms with van der Waals surface area (Å²) >= 11 is 0. The van der Waals surface area contributed by atoms with E-state index in [0.29, 0.717) is 24.7 Å². The second kappa shape index (κ2) is 9.33. The number of hydrogen-bond acceptors (Lipinski definition) is 8. The third kappa shape index (κ3) is 5.31. The molecule has 0 atom stereocenters. The lowest BCUT2D eigenvalue weighted by Gasteiger charge is -2.35. The molecule has 0 aliphatic carbocycles. The fourth-order valence-corrected chi connectivity index (χ4v) is 3.16. The Labute approximate surface area is 173 Å². The van der Waals surface area contributed by atoms with Crippen molar-refractivity contribution in [3.8, 4) is 11.5 Å². The molecule has 6 N–H and O–H groups in total. The van der Waals surface area contributed by atoms with Crippen molar-refractivity contribution in [2.45, 2.75) is 0 Å². The lowest BCUT2D eigenvalue weighted by atomic mass is 10.2. The number of hydrogen-bond donors (Lipinski definition) is 6. The van der Waals surface area contributed by atoms with Crippen molar-refractivity contribution >= 4 is 23.3 Å². The predicted octanol–water partition coefficient (Wildman–Crippen LogP) is 1.55. The molecule has 0 aromatic heterocycles. The van der Waals surface area contributed by atoms with Crippen molar-refractivity contribution in [2.75, 3.05) is 50.1 Å². The van der Waals surface area contributed by atoms with Gasteiger partial charge in [-0.15, -0.1) is 0 Å². The summed E-state index contributed by atoms with van der Waals surface area (Å²) in [7, 11) is 0. The van der Waals surface area contributed by atoms with Gasteiger partial charge in [0, 0.05) is 49.7 Å². The first-order valence-electron chi connectivity index (χ1n) is 9.38. The number of anilines is 2. The molecular formula is C20H24N4O6. The van der Waals surface area contributed by atoms with Crippen LogP contribution < -0.4 is 10.6 Å². The summed E-state index contributed by atoms with van der Waals surface area (Å²) in [5.74, 6) is -2.88. The van der Waals surface area contributed by atoms with E-state index in [9.17, 15) is 19.8 Å². The van der Waals surface area contributed by atoms with Crippen LogP contribution in [-0.4, -0.2) is 81.7 Å². The maximum absolute atomic E-state index is 10.9. The number of rotatable bonds is 8. The van der Waals surface area contributed by atoms with Crippen molar-refractivity contribution < 1.29 is 30.0 Å². The molecule has 0 saturated carbocycles. The normalized spacial score (nSPS) is 14.9. The summed E-state index contributed by atoms with van der Waals surface area (Å²) in [4.78, 5) is 26.3. The van der Waals surface area contributed by atoms with Gasteiger partial charge in [-0.1, -0.05) is 0 Å². The molecule has 160 valence electrons. The molecule has 2 aromatic rings. The smallest absolute Gasteiger partial charge is 0.339 e. The molecular weight excluding hydrogens is 392 g/mol. The Balaban J connectivity index is 1.42. The maximum Gasteiger partial charge on any atom is 0.339 e. The monoisotopic (exact) mass is 416 g/mol. The zero-order valence-electron chi connectivity index (χ0n) is 16.2. The van der Waals surface area contributed by atoms with Crippen LogP contribution in [0.1, 0.15) is 20.7 Å². The number of nitrogens with zero attached hydrogens (tertiary/aromatic N) is 2. The van der Waals surface area contributed by atoms with E-state index >= 15 is 0 Å². The quantitative estimate of drug-likeness (QED) is 0.375. The van der Waals surface area contributed by atoms with Gasteiger partial charge in [-0.25, -0.2) is 9.59 Å². The van der Waals surface area contributed by atoms with Crippen LogP contribution in [0.15, 0.2) is 36.4 Å². The number of phenols is 2. The third-order valence-electron chi connectivity index (χ3n) is 4.93. The molecule has 0 radical (unpaired) electrons. The standard InChI is InChI=1S/C20H24N4O6/c25-17-9-13(1-3-15(17)19(27)28)21-11-23-5-7-24(8-6-23)12-22-14-2-4-16(20(29)30)18(26)10-14/h1-4,9-10,21-22,25-26H,5-8,11-12H2,(H,27,28)(H,29,30). The minimum atomic E-state index is -1.17. The van der Waals surface area contributed by atoms with Gasteiger partial charge in [-0.3, -0.25) is 9.80 Å². The van der Waals surface area contributed by atoms with E-state index in [0.717, 1.165) is 26.2 Å². The van der Waals surface area contributed by atoms with Crippen molar-refractivity contribution in [3.63, 3.8) is 0 Å². The second-order valence-electron chi connectivity index (χ2n) is 6.98. The molecule has 1 aliphatic heterocycles. The molecule has 0 unspecified atom stereocenters.